The fourth-order valence-corrected chi connectivity index (χ4v) is 2.96. The van der Waals surface area contributed by atoms with Crippen molar-refractivity contribution in [2.45, 2.75) is 26.3 Å². The molecule has 0 bridgehead atoms. The first kappa shape index (κ1) is 16.1. The normalized spacial score (nSPS) is 12.2. The molecule has 0 spiro atoms. The number of nitrogens with two attached hydrogens (primary N) is 1. The number of aromatic nitrogens is 1. The number of benzene rings is 1. The molecule has 21 heavy (non-hydrogen) atoms. The second-order valence-electron chi connectivity index (χ2n) is 4.57. The third-order valence-corrected chi connectivity index (χ3v) is 5.10. The molecule has 1 unspecified atom stereocenters. The van der Waals surface area contributed by atoms with Crippen molar-refractivity contribution in [1.29, 1.82) is 0 Å². The molecule has 0 aliphatic heterocycles. The number of anilines is 1. The van der Waals surface area contributed by atoms with Crippen LogP contribution in [-0.2, 0) is 6.42 Å². The number of halogens is 2. The number of carbonyl (C=O) groups excluding carboxylic acids is 1. The first-order valence-electron chi connectivity index (χ1n) is 6.42. The average Bonchev–Trinajstić information content (AvgIpc) is 2.93. The van der Waals surface area contributed by atoms with Gasteiger partial charge in [0.1, 0.15) is 5.01 Å². The van der Waals surface area contributed by atoms with Gasteiger partial charge in [0.2, 0.25) is 0 Å². The Hall–Kier alpha value is -1.30. The number of rotatable bonds is 4. The summed E-state index contributed by atoms with van der Waals surface area (Å²) in [5.41, 5.74) is 6.37. The van der Waals surface area contributed by atoms with E-state index in [9.17, 15) is 4.79 Å². The molecule has 1 amide bonds. The predicted octanol–water partition coefficient (Wildman–Crippen LogP) is 4.09. The highest BCUT2D eigenvalue weighted by Crippen LogP contribution is 2.29. The van der Waals surface area contributed by atoms with Crippen LogP contribution >= 0.6 is 34.5 Å². The Balaban J connectivity index is 2.14. The van der Waals surface area contributed by atoms with E-state index in [0.29, 0.717) is 5.56 Å². The van der Waals surface area contributed by atoms with E-state index < -0.39 is 0 Å². The zero-order chi connectivity index (χ0) is 15.6. The number of hydrogen-bond acceptors (Lipinski definition) is 4. The van der Waals surface area contributed by atoms with Crippen LogP contribution in [0.15, 0.2) is 18.3 Å². The molecule has 1 heterocycles. The molecule has 2 aromatic rings. The number of nitrogens with zero attached hydrogens (tertiary/aromatic N) is 1. The Morgan fingerprint density at radius 3 is 2.76 bits per heavy atom. The van der Waals surface area contributed by atoms with Crippen molar-refractivity contribution in [3.8, 4) is 0 Å². The van der Waals surface area contributed by atoms with E-state index >= 15 is 0 Å². The lowest BCUT2D eigenvalue weighted by molar-refractivity contribution is 0.0940. The highest BCUT2D eigenvalue weighted by Gasteiger charge is 2.16. The van der Waals surface area contributed by atoms with Crippen LogP contribution in [0.5, 0.6) is 0 Å². The van der Waals surface area contributed by atoms with Gasteiger partial charge in [-0.2, -0.15) is 0 Å². The van der Waals surface area contributed by atoms with E-state index in [2.05, 4.69) is 17.2 Å². The molecule has 112 valence electrons. The zero-order valence-electron chi connectivity index (χ0n) is 11.6. The van der Waals surface area contributed by atoms with Crippen LogP contribution in [0.25, 0.3) is 0 Å². The minimum Gasteiger partial charge on any atom is -0.397 e. The Bertz CT molecular complexity index is 649. The van der Waals surface area contributed by atoms with Gasteiger partial charge in [0.05, 0.1) is 21.8 Å². The molecule has 0 aliphatic carbocycles. The molecular formula is C14H15Cl2N3OS. The maximum atomic E-state index is 12.2. The number of amides is 1. The van der Waals surface area contributed by atoms with E-state index in [1.165, 1.54) is 17.0 Å². The molecule has 1 atom stereocenters. The van der Waals surface area contributed by atoms with Crippen molar-refractivity contribution < 1.29 is 4.79 Å². The van der Waals surface area contributed by atoms with Crippen molar-refractivity contribution in [3.63, 3.8) is 0 Å². The predicted molar refractivity (Wildman–Crippen MR) is 88.2 cm³/mol. The SMILES string of the molecule is CCc1cnc(C(C)NC(=O)c2cc(N)c(Cl)c(Cl)c2)s1. The van der Waals surface area contributed by atoms with Crippen molar-refractivity contribution in [2.24, 2.45) is 0 Å². The fraction of sp³-hybridized carbons (Fsp3) is 0.286. The number of carbonyl (C=O) groups is 1. The molecule has 2 rings (SSSR count). The Labute approximate surface area is 137 Å². The van der Waals surface area contributed by atoms with Crippen molar-refractivity contribution in [2.75, 3.05) is 5.73 Å². The molecular weight excluding hydrogens is 329 g/mol. The summed E-state index contributed by atoms with van der Waals surface area (Å²) in [5.74, 6) is -0.263. The van der Waals surface area contributed by atoms with Crippen LogP contribution in [-0.4, -0.2) is 10.9 Å². The van der Waals surface area contributed by atoms with E-state index in [4.69, 9.17) is 28.9 Å². The lowest BCUT2D eigenvalue weighted by Crippen LogP contribution is -2.26. The van der Waals surface area contributed by atoms with Crippen LogP contribution in [0.3, 0.4) is 0 Å². The Morgan fingerprint density at radius 1 is 1.48 bits per heavy atom. The largest absolute Gasteiger partial charge is 0.397 e. The first-order chi connectivity index (χ1) is 9.92. The number of thiazole rings is 1. The van der Waals surface area contributed by atoms with Crippen LogP contribution < -0.4 is 11.1 Å². The van der Waals surface area contributed by atoms with Crippen LogP contribution in [0, 0.1) is 0 Å². The minimum atomic E-state index is -0.263. The summed E-state index contributed by atoms with van der Waals surface area (Å²) in [6, 6.07) is 2.83. The van der Waals surface area contributed by atoms with Gasteiger partial charge in [-0.1, -0.05) is 30.1 Å². The van der Waals surface area contributed by atoms with Gasteiger partial charge in [-0.15, -0.1) is 11.3 Å². The molecule has 1 aromatic carbocycles. The van der Waals surface area contributed by atoms with Crippen molar-refractivity contribution in [1.82, 2.24) is 10.3 Å². The Morgan fingerprint density at radius 2 is 2.19 bits per heavy atom. The molecule has 0 aliphatic rings. The summed E-state index contributed by atoms with van der Waals surface area (Å²) >= 11 is 13.4. The van der Waals surface area contributed by atoms with Crippen molar-refractivity contribution in [3.05, 3.63) is 43.8 Å². The third-order valence-electron chi connectivity index (χ3n) is 2.96. The van der Waals surface area contributed by atoms with Crippen LogP contribution in [0.4, 0.5) is 5.69 Å². The summed E-state index contributed by atoms with van der Waals surface area (Å²) in [4.78, 5) is 17.7. The van der Waals surface area contributed by atoms with Crippen LogP contribution in [0.2, 0.25) is 10.0 Å². The summed E-state index contributed by atoms with van der Waals surface area (Å²) in [6.45, 7) is 3.95. The van der Waals surface area contributed by atoms with Gasteiger partial charge in [-0.25, -0.2) is 4.98 Å². The maximum Gasteiger partial charge on any atom is 0.251 e. The summed E-state index contributed by atoms with van der Waals surface area (Å²) in [6.07, 6.45) is 2.77. The van der Waals surface area contributed by atoms with Crippen molar-refractivity contribution >= 4 is 46.1 Å². The second-order valence-corrected chi connectivity index (χ2v) is 6.51. The van der Waals surface area contributed by atoms with Gasteiger partial charge >= 0.3 is 0 Å². The molecule has 7 heteroatoms. The van der Waals surface area contributed by atoms with Gasteiger partial charge in [-0.3, -0.25) is 4.79 Å². The highest BCUT2D eigenvalue weighted by molar-refractivity contribution is 7.11. The third kappa shape index (κ3) is 3.67. The Kier molecular flexibility index (Phi) is 5.08. The smallest absolute Gasteiger partial charge is 0.251 e. The number of aryl methyl sites for hydroxylation is 1. The first-order valence-corrected chi connectivity index (χ1v) is 7.99. The minimum absolute atomic E-state index is 0.182. The number of hydrogen-bond donors (Lipinski definition) is 2. The molecule has 0 saturated carbocycles. The summed E-state index contributed by atoms with van der Waals surface area (Å²) in [5, 5.41) is 4.26. The zero-order valence-corrected chi connectivity index (χ0v) is 13.9. The van der Waals surface area contributed by atoms with E-state index in [-0.39, 0.29) is 27.7 Å². The number of nitrogen functional groups attached to an aromatic ring is 1. The van der Waals surface area contributed by atoms with E-state index in [1.54, 1.807) is 11.3 Å². The second kappa shape index (κ2) is 6.64. The molecule has 1 aromatic heterocycles. The van der Waals surface area contributed by atoms with Gasteiger partial charge in [0, 0.05) is 16.6 Å². The summed E-state index contributed by atoms with van der Waals surface area (Å²) in [7, 11) is 0. The maximum absolute atomic E-state index is 12.2. The topological polar surface area (TPSA) is 68.0 Å². The molecule has 3 N–H and O–H groups in total. The highest BCUT2D eigenvalue weighted by atomic mass is 35.5. The number of nitrogens with one attached hydrogen (secondary N) is 1. The van der Waals surface area contributed by atoms with Gasteiger partial charge in [-0.05, 0) is 25.5 Å². The van der Waals surface area contributed by atoms with Gasteiger partial charge in [0.15, 0.2) is 0 Å². The van der Waals surface area contributed by atoms with Gasteiger partial charge in [0.25, 0.3) is 5.91 Å². The lowest BCUT2D eigenvalue weighted by Gasteiger charge is -2.12. The molecule has 4 nitrogen and oxygen atoms in total. The lowest BCUT2D eigenvalue weighted by atomic mass is 10.1. The van der Waals surface area contributed by atoms with Gasteiger partial charge < -0.3 is 11.1 Å². The molecule has 0 radical (unpaired) electrons. The van der Waals surface area contributed by atoms with Crippen LogP contribution in [0.1, 0.15) is 40.1 Å². The quantitative estimate of drug-likeness (QED) is 0.821. The monoisotopic (exact) mass is 343 g/mol. The summed E-state index contributed by atoms with van der Waals surface area (Å²) < 4.78 is 0. The van der Waals surface area contributed by atoms with E-state index in [1.807, 2.05) is 13.1 Å². The standard InChI is InChI=1S/C14H15Cl2N3OS/c1-3-9-6-18-14(21-9)7(2)19-13(20)8-4-10(15)12(16)11(17)5-8/h4-7H,3,17H2,1-2H3,(H,19,20). The van der Waals surface area contributed by atoms with E-state index in [0.717, 1.165) is 11.4 Å². The molecule has 0 fully saturated rings. The molecule has 0 saturated heterocycles. The fourth-order valence-electron chi connectivity index (χ4n) is 1.77. The average molecular weight is 344 g/mol.